The van der Waals surface area contributed by atoms with Crippen LogP contribution in [-0.2, 0) is 14.8 Å². The van der Waals surface area contributed by atoms with Gasteiger partial charge in [0.2, 0.25) is 10.0 Å². The first kappa shape index (κ1) is 16.2. The highest BCUT2D eigenvalue weighted by atomic mass is 35.5. The summed E-state index contributed by atoms with van der Waals surface area (Å²) in [5.41, 5.74) is 0. The highest BCUT2D eigenvalue weighted by Crippen LogP contribution is 2.28. The largest absolute Gasteiger partial charge is 0.480 e. The molecule has 0 amide bonds. The van der Waals surface area contributed by atoms with Crippen molar-refractivity contribution in [3.63, 3.8) is 0 Å². The molecule has 0 aliphatic heterocycles. The molecule has 0 saturated carbocycles. The highest BCUT2D eigenvalue weighted by Gasteiger charge is 2.28. The molecule has 0 heterocycles. The van der Waals surface area contributed by atoms with E-state index < -0.39 is 28.6 Å². The van der Waals surface area contributed by atoms with Crippen LogP contribution < -0.4 is 4.72 Å². The molecule has 1 aromatic carbocycles. The van der Waals surface area contributed by atoms with E-state index in [1.807, 2.05) is 4.72 Å². The van der Waals surface area contributed by atoms with Gasteiger partial charge in [0.05, 0.1) is 10.0 Å². The lowest BCUT2D eigenvalue weighted by Gasteiger charge is -2.15. The van der Waals surface area contributed by atoms with Crippen LogP contribution >= 0.6 is 23.2 Å². The maximum atomic E-state index is 12.0. The molecule has 0 spiro atoms. The molecule has 106 valence electrons. The Hall–Kier alpha value is -0.860. The molecule has 3 N–H and O–H groups in total. The summed E-state index contributed by atoms with van der Waals surface area (Å²) in [4.78, 5) is 10.5. The molecule has 0 fully saturated rings. The van der Waals surface area contributed by atoms with Crippen LogP contribution in [0.5, 0.6) is 0 Å². The zero-order valence-electron chi connectivity index (χ0n) is 9.51. The Bertz CT molecular complexity index is 555. The average molecular weight is 328 g/mol. The number of carboxylic acids is 1. The molecule has 0 bridgehead atoms. The van der Waals surface area contributed by atoms with E-state index in [-0.39, 0.29) is 21.4 Å². The Morgan fingerprint density at radius 2 is 1.84 bits per heavy atom. The van der Waals surface area contributed by atoms with E-state index in [0.29, 0.717) is 0 Å². The normalized spacial score (nSPS) is 13.2. The lowest BCUT2D eigenvalue weighted by atomic mass is 10.2. The van der Waals surface area contributed by atoms with Crippen molar-refractivity contribution in [3.05, 3.63) is 28.2 Å². The van der Waals surface area contributed by atoms with Crippen molar-refractivity contribution in [1.29, 1.82) is 0 Å². The molecule has 0 aliphatic carbocycles. The maximum Gasteiger partial charge on any atom is 0.321 e. The monoisotopic (exact) mass is 327 g/mol. The van der Waals surface area contributed by atoms with Gasteiger partial charge >= 0.3 is 5.97 Å². The van der Waals surface area contributed by atoms with Gasteiger partial charge in [0, 0.05) is 6.61 Å². The lowest BCUT2D eigenvalue weighted by Crippen LogP contribution is -2.41. The number of rotatable bonds is 6. The maximum absolute atomic E-state index is 12.0. The van der Waals surface area contributed by atoms with Gasteiger partial charge in [-0.15, -0.1) is 0 Å². The van der Waals surface area contributed by atoms with Gasteiger partial charge in [-0.05, 0) is 18.6 Å². The van der Waals surface area contributed by atoms with Crippen molar-refractivity contribution in [2.75, 3.05) is 6.61 Å². The van der Waals surface area contributed by atoms with Gasteiger partial charge < -0.3 is 10.2 Å². The summed E-state index contributed by atoms with van der Waals surface area (Å²) in [7, 11) is -4.19. The molecular weight excluding hydrogens is 317 g/mol. The van der Waals surface area contributed by atoms with Crippen molar-refractivity contribution in [3.8, 4) is 0 Å². The third-order valence-electron chi connectivity index (χ3n) is 2.20. The molecule has 0 unspecified atom stereocenters. The summed E-state index contributed by atoms with van der Waals surface area (Å²) in [6.07, 6.45) is -0.267. The van der Waals surface area contributed by atoms with Crippen LogP contribution in [0.15, 0.2) is 23.1 Å². The van der Waals surface area contributed by atoms with Crippen molar-refractivity contribution in [2.24, 2.45) is 0 Å². The minimum Gasteiger partial charge on any atom is -0.480 e. The van der Waals surface area contributed by atoms with E-state index in [1.165, 1.54) is 18.2 Å². The second kappa shape index (κ2) is 6.53. The number of halogens is 2. The minimum absolute atomic E-state index is 0.117. The van der Waals surface area contributed by atoms with Gasteiger partial charge in [0.1, 0.15) is 10.9 Å². The number of carbonyl (C=O) groups is 1. The van der Waals surface area contributed by atoms with Crippen LogP contribution in [0.4, 0.5) is 0 Å². The van der Waals surface area contributed by atoms with Gasteiger partial charge in [-0.3, -0.25) is 4.79 Å². The minimum atomic E-state index is -4.19. The molecule has 0 saturated heterocycles. The first-order valence-electron chi connectivity index (χ1n) is 5.09. The fourth-order valence-corrected chi connectivity index (χ4v) is 3.71. The predicted molar refractivity (Wildman–Crippen MR) is 69.9 cm³/mol. The number of aliphatic hydroxyl groups is 1. The Morgan fingerprint density at radius 3 is 2.26 bits per heavy atom. The molecule has 1 atom stereocenters. The molecule has 1 aromatic rings. The first-order valence-corrected chi connectivity index (χ1v) is 7.33. The summed E-state index contributed by atoms with van der Waals surface area (Å²) in [6, 6.07) is 2.65. The molecule has 6 nitrogen and oxygen atoms in total. The third-order valence-corrected chi connectivity index (χ3v) is 4.63. The number of aliphatic carboxylic acids is 1. The quantitative estimate of drug-likeness (QED) is 0.726. The second-order valence-electron chi connectivity index (χ2n) is 3.58. The molecule has 1 rings (SSSR count). The first-order chi connectivity index (χ1) is 8.79. The van der Waals surface area contributed by atoms with Gasteiger partial charge in [-0.2, -0.15) is 4.72 Å². The zero-order chi connectivity index (χ0) is 14.6. The predicted octanol–water partition coefficient (Wildman–Crippen LogP) is 1.11. The molecule has 0 radical (unpaired) electrons. The molecule has 0 aliphatic rings. The summed E-state index contributed by atoms with van der Waals surface area (Å²) >= 11 is 11.5. The highest BCUT2D eigenvalue weighted by molar-refractivity contribution is 7.89. The van der Waals surface area contributed by atoms with Crippen LogP contribution in [0.25, 0.3) is 0 Å². The van der Waals surface area contributed by atoms with Crippen molar-refractivity contribution >= 4 is 39.2 Å². The van der Waals surface area contributed by atoms with Crippen LogP contribution in [0.2, 0.25) is 10.0 Å². The molecular formula is C10H11Cl2NO5S. The fourth-order valence-electron chi connectivity index (χ4n) is 1.35. The van der Waals surface area contributed by atoms with E-state index in [4.69, 9.17) is 33.4 Å². The van der Waals surface area contributed by atoms with Crippen LogP contribution in [0.3, 0.4) is 0 Å². The molecule has 0 aromatic heterocycles. The number of hydrogen-bond acceptors (Lipinski definition) is 4. The zero-order valence-corrected chi connectivity index (χ0v) is 11.8. The van der Waals surface area contributed by atoms with Crippen LogP contribution in [0.1, 0.15) is 6.42 Å². The van der Waals surface area contributed by atoms with Crippen LogP contribution in [0, 0.1) is 0 Å². The van der Waals surface area contributed by atoms with Gasteiger partial charge in [0.15, 0.2) is 0 Å². The number of carboxylic acid groups (broad SMARTS) is 1. The fraction of sp³-hybridized carbons (Fsp3) is 0.300. The molecule has 19 heavy (non-hydrogen) atoms. The number of benzene rings is 1. The summed E-state index contributed by atoms with van der Waals surface area (Å²) in [5.74, 6) is -1.40. The van der Waals surface area contributed by atoms with Gasteiger partial charge in [-0.1, -0.05) is 29.3 Å². The van der Waals surface area contributed by atoms with Crippen molar-refractivity contribution in [2.45, 2.75) is 17.4 Å². The number of nitrogens with one attached hydrogen (secondary N) is 1. The van der Waals surface area contributed by atoms with E-state index in [9.17, 15) is 13.2 Å². The van der Waals surface area contributed by atoms with E-state index in [2.05, 4.69) is 0 Å². The lowest BCUT2D eigenvalue weighted by molar-refractivity contribution is -0.139. The van der Waals surface area contributed by atoms with Gasteiger partial charge in [0.25, 0.3) is 0 Å². The average Bonchev–Trinajstić information content (AvgIpc) is 2.27. The van der Waals surface area contributed by atoms with Crippen molar-refractivity contribution in [1.82, 2.24) is 4.72 Å². The Morgan fingerprint density at radius 1 is 1.32 bits per heavy atom. The Labute approximate surface area is 120 Å². The number of hydrogen-bond donors (Lipinski definition) is 3. The molecule has 9 heteroatoms. The summed E-state index contributed by atoms with van der Waals surface area (Å²) < 4.78 is 26.0. The van der Waals surface area contributed by atoms with E-state index in [1.54, 1.807) is 0 Å². The Balaban J connectivity index is 3.14. The summed E-state index contributed by atoms with van der Waals surface area (Å²) in [6.45, 7) is -0.476. The van der Waals surface area contributed by atoms with Crippen LogP contribution in [-0.4, -0.2) is 37.2 Å². The SMILES string of the molecule is O=C(O)[C@@H](CCO)NS(=O)(=O)c1c(Cl)cccc1Cl. The second-order valence-corrected chi connectivity index (χ2v) is 6.04. The topological polar surface area (TPSA) is 104 Å². The number of aliphatic hydroxyl groups excluding tert-OH is 1. The van der Waals surface area contributed by atoms with E-state index in [0.717, 1.165) is 0 Å². The number of sulfonamides is 1. The standard InChI is InChI=1S/C10H11Cl2NO5S/c11-6-2-1-3-7(12)9(6)19(17,18)13-8(4-5-14)10(15)16/h1-3,8,13-14H,4-5H2,(H,15,16)/t8-/m1/s1. The smallest absolute Gasteiger partial charge is 0.321 e. The van der Waals surface area contributed by atoms with Crippen molar-refractivity contribution < 1.29 is 23.4 Å². The van der Waals surface area contributed by atoms with E-state index >= 15 is 0 Å². The third kappa shape index (κ3) is 4.05. The summed E-state index contributed by atoms with van der Waals surface area (Å²) in [5, 5.41) is 17.3. The Kier molecular flexibility index (Phi) is 5.57. The van der Waals surface area contributed by atoms with Gasteiger partial charge in [-0.25, -0.2) is 8.42 Å².